The molecular formula is C17H13N5O5. The maximum Gasteiger partial charge on any atom is 0.290 e. The Kier molecular flexibility index (Phi) is 4.62. The summed E-state index contributed by atoms with van der Waals surface area (Å²) in [4.78, 5) is 46.6. The van der Waals surface area contributed by atoms with Crippen molar-refractivity contribution < 1.29 is 14.5 Å². The zero-order chi connectivity index (χ0) is 19.6. The Morgan fingerprint density at radius 1 is 1.00 bits per heavy atom. The van der Waals surface area contributed by atoms with E-state index in [0.717, 1.165) is 4.68 Å². The number of rotatable bonds is 3. The SMILES string of the molecule is Cn1nc(C(=O)NNC(=O)c2ccc([N+](=O)[O-])cc2)c2ccccc2c1=O. The van der Waals surface area contributed by atoms with Gasteiger partial charge >= 0.3 is 0 Å². The summed E-state index contributed by atoms with van der Waals surface area (Å²) < 4.78 is 1.04. The third-order valence-electron chi connectivity index (χ3n) is 3.80. The number of carbonyl (C=O) groups excluding carboxylic acids is 2. The van der Waals surface area contributed by atoms with Crippen molar-refractivity contribution in [1.82, 2.24) is 20.6 Å². The van der Waals surface area contributed by atoms with Crippen molar-refractivity contribution in [2.24, 2.45) is 7.05 Å². The summed E-state index contributed by atoms with van der Waals surface area (Å²) in [6, 6.07) is 11.4. The van der Waals surface area contributed by atoms with Gasteiger partial charge in [0.15, 0.2) is 5.69 Å². The summed E-state index contributed by atoms with van der Waals surface area (Å²) in [6.07, 6.45) is 0. The standard InChI is InChI=1S/C17H13N5O5/c1-21-17(25)13-5-3-2-4-12(13)14(20-21)16(24)19-18-15(23)10-6-8-11(9-7-10)22(26)27/h2-9H,1H3,(H,18,23)(H,19,24). The molecule has 0 radical (unpaired) electrons. The van der Waals surface area contributed by atoms with Gasteiger partial charge in [-0.2, -0.15) is 5.10 Å². The Bertz CT molecular complexity index is 1120. The van der Waals surface area contributed by atoms with E-state index in [1.54, 1.807) is 24.3 Å². The highest BCUT2D eigenvalue weighted by Crippen LogP contribution is 2.13. The average molecular weight is 367 g/mol. The Hall–Kier alpha value is -4.08. The fourth-order valence-corrected chi connectivity index (χ4v) is 2.45. The predicted octanol–water partition coefficient (Wildman–Crippen LogP) is 0.917. The molecule has 3 aromatic rings. The smallest absolute Gasteiger partial charge is 0.267 e. The van der Waals surface area contributed by atoms with Gasteiger partial charge in [-0.15, -0.1) is 0 Å². The van der Waals surface area contributed by atoms with Crippen molar-refractivity contribution in [3.05, 3.63) is 80.3 Å². The van der Waals surface area contributed by atoms with Crippen LogP contribution in [0, 0.1) is 10.1 Å². The molecule has 0 aliphatic carbocycles. The maximum atomic E-state index is 12.4. The number of hydrogen-bond donors (Lipinski definition) is 2. The van der Waals surface area contributed by atoms with E-state index in [0.29, 0.717) is 10.8 Å². The van der Waals surface area contributed by atoms with Crippen molar-refractivity contribution >= 4 is 28.3 Å². The molecule has 2 amide bonds. The number of benzene rings is 2. The molecule has 0 saturated heterocycles. The fourth-order valence-electron chi connectivity index (χ4n) is 2.45. The predicted molar refractivity (Wildman–Crippen MR) is 95.0 cm³/mol. The Labute approximate surface area is 151 Å². The summed E-state index contributed by atoms with van der Waals surface area (Å²) in [5, 5.41) is 15.2. The lowest BCUT2D eigenvalue weighted by Gasteiger charge is -2.10. The van der Waals surface area contributed by atoms with Crippen LogP contribution in [-0.2, 0) is 7.05 Å². The third-order valence-corrected chi connectivity index (χ3v) is 3.80. The van der Waals surface area contributed by atoms with Gasteiger partial charge < -0.3 is 0 Å². The molecule has 0 saturated carbocycles. The number of fused-ring (bicyclic) bond motifs is 1. The second-order valence-electron chi connectivity index (χ2n) is 5.54. The van der Waals surface area contributed by atoms with Gasteiger partial charge in [-0.1, -0.05) is 18.2 Å². The Morgan fingerprint density at radius 3 is 2.22 bits per heavy atom. The zero-order valence-electron chi connectivity index (χ0n) is 14.0. The van der Waals surface area contributed by atoms with Gasteiger partial charge in [-0.3, -0.25) is 35.3 Å². The molecule has 10 nitrogen and oxygen atoms in total. The minimum Gasteiger partial charge on any atom is -0.267 e. The Balaban J connectivity index is 1.79. The van der Waals surface area contributed by atoms with Gasteiger partial charge in [-0.25, -0.2) is 4.68 Å². The number of nitrogens with one attached hydrogen (secondary N) is 2. The number of aryl methyl sites for hydroxylation is 1. The molecule has 2 N–H and O–H groups in total. The van der Waals surface area contributed by atoms with Crippen LogP contribution in [0.2, 0.25) is 0 Å². The first-order chi connectivity index (χ1) is 12.9. The maximum absolute atomic E-state index is 12.4. The monoisotopic (exact) mass is 367 g/mol. The lowest BCUT2D eigenvalue weighted by atomic mass is 10.1. The number of carbonyl (C=O) groups is 2. The van der Waals surface area contributed by atoms with E-state index in [2.05, 4.69) is 16.0 Å². The molecular weight excluding hydrogens is 354 g/mol. The number of aromatic nitrogens is 2. The van der Waals surface area contributed by atoms with Crippen molar-refractivity contribution in [3.63, 3.8) is 0 Å². The van der Waals surface area contributed by atoms with Gasteiger partial charge in [0.05, 0.1) is 10.3 Å². The molecule has 0 aliphatic rings. The molecule has 136 valence electrons. The van der Waals surface area contributed by atoms with Crippen LogP contribution < -0.4 is 16.4 Å². The summed E-state index contributed by atoms with van der Waals surface area (Å²) in [5.41, 5.74) is 4.02. The molecule has 1 aromatic heterocycles. The molecule has 0 fully saturated rings. The topological polar surface area (TPSA) is 136 Å². The van der Waals surface area contributed by atoms with Gasteiger partial charge in [0.2, 0.25) is 0 Å². The summed E-state index contributed by atoms with van der Waals surface area (Å²) in [6.45, 7) is 0. The summed E-state index contributed by atoms with van der Waals surface area (Å²) in [7, 11) is 1.42. The molecule has 27 heavy (non-hydrogen) atoms. The normalized spacial score (nSPS) is 10.4. The van der Waals surface area contributed by atoms with E-state index in [9.17, 15) is 24.5 Å². The van der Waals surface area contributed by atoms with Gasteiger partial charge in [0.1, 0.15) is 0 Å². The molecule has 0 spiro atoms. The molecule has 0 unspecified atom stereocenters. The number of nitro benzene ring substituents is 1. The quantitative estimate of drug-likeness (QED) is 0.522. The zero-order valence-corrected chi connectivity index (χ0v) is 14.0. The fraction of sp³-hybridized carbons (Fsp3) is 0.0588. The lowest BCUT2D eigenvalue weighted by molar-refractivity contribution is -0.384. The van der Waals surface area contributed by atoms with E-state index >= 15 is 0 Å². The molecule has 0 atom stereocenters. The summed E-state index contributed by atoms with van der Waals surface area (Å²) >= 11 is 0. The van der Waals surface area contributed by atoms with Gasteiger partial charge in [-0.05, 0) is 18.2 Å². The van der Waals surface area contributed by atoms with E-state index in [4.69, 9.17) is 0 Å². The van der Waals surface area contributed by atoms with Crippen LogP contribution in [0.15, 0.2) is 53.3 Å². The molecule has 2 aromatic carbocycles. The largest absolute Gasteiger partial charge is 0.290 e. The van der Waals surface area contributed by atoms with Crippen molar-refractivity contribution in [1.29, 1.82) is 0 Å². The van der Waals surface area contributed by atoms with E-state index in [1.165, 1.54) is 31.3 Å². The second kappa shape index (κ2) is 7.04. The molecule has 0 bridgehead atoms. The second-order valence-corrected chi connectivity index (χ2v) is 5.54. The highest BCUT2D eigenvalue weighted by atomic mass is 16.6. The van der Waals surface area contributed by atoms with Crippen LogP contribution in [0.3, 0.4) is 0 Å². The van der Waals surface area contributed by atoms with E-state index in [1.807, 2.05) is 0 Å². The first kappa shape index (κ1) is 17.7. The number of hydrogen-bond acceptors (Lipinski definition) is 6. The molecule has 1 heterocycles. The number of nitro groups is 1. The number of non-ortho nitro benzene ring substituents is 1. The van der Waals surface area contributed by atoms with Crippen LogP contribution >= 0.6 is 0 Å². The highest BCUT2D eigenvalue weighted by molar-refractivity contribution is 6.06. The average Bonchev–Trinajstić information content (AvgIpc) is 2.68. The third kappa shape index (κ3) is 3.49. The van der Waals surface area contributed by atoms with E-state index < -0.39 is 16.7 Å². The van der Waals surface area contributed by atoms with Crippen molar-refractivity contribution in [3.8, 4) is 0 Å². The van der Waals surface area contributed by atoms with Gasteiger partial charge in [0.25, 0.3) is 23.1 Å². The van der Waals surface area contributed by atoms with Crippen LogP contribution in [0.5, 0.6) is 0 Å². The highest BCUT2D eigenvalue weighted by Gasteiger charge is 2.17. The number of hydrazine groups is 1. The lowest BCUT2D eigenvalue weighted by Crippen LogP contribution is -2.42. The van der Waals surface area contributed by atoms with Crippen molar-refractivity contribution in [2.45, 2.75) is 0 Å². The molecule has 10 heteroatoms. The first-order valence-corrected chi connectivity index (χ1v) is 7.69. The van der Waals surface area contributed by atoms with Gasteiger partial charge in [0, 0.05) is 30.1 Å². The van der Waals surface area contributed by atoms with Crippen LogP contribution in [0.4, 0.5) is 5.69 Å². The van der Waals surface area contributed by atoms with Crippen LogP contribution in [0.1, 0.15) is 20.8 Å². The van der Waals surface area contributed by atoms with Crippen LogP contribution in [0.25, 0.3) is 10.8 Å². The molecule has 3 rings (SSSR count). The molecule has 0 aliphatic heterocycles. The van der Waals surface area contributed by atoms with Crippen LogP contribution in [-0.4, -0.2) is 26.5 Å². The minimum absolute atomic E-state index is 0.0308. The summed E-state index contributed by atoms with van der Waals surface area (Å²) in [5.74, 6) is -1.37. The first-order valence-electron chi connectivity index (χ1n) is 7.69. The Morgan fingerprint density at radius 2 is 1.59 bits per heavy atom. The van der Waals surface area contributed by atoms with E-state index in [-0.39, 0.29) is 22.5 Å². The minimum atomic E-state index is -0.711. The van der Waals surface area contributed by atoms with Crippen molar-refractivity contribution in [2.75, 3.05) is 0 Å². The number of nitrogens with zero attached hydrogens (tertiary/aromatic N) is 3. The number of amides is 2.